The van der Waals surface area contributed by atoms with Crippen LogP contribution in [0.25, 0.3) is 0 Å². The quantitative estimate of drug-likeness (QED) is 0.346. The number of hydrogen-bond acceptors (Lipinski definition) is 4. The van der Waals surface area contributed by atoms with Crippen LogP contribution in [0, 0.1) is 0 Å². The molecule has 0 rings (SSSR count). The molecule has 0 aromatic heterocycles. The Balaban J connectivity index is 3.46. The summed E-state index contributed by atoms with van der Waals surface area (Å²) in [4.78, 5) is 26.6. The third-order valence-electron chi connectivity index (χ3n) is 3.73. The number of nitrogens with zero attached hydrogens (tertiary/aromatic N) is 2. The molecule has 0 bridgehead atoms. The van der Waals surface area contributed by atoms with Crippen LogP contribution in [-0.2, 0) is 9.59 Å². The number of nitrogens with one attached hydrogen (secondary N) is 2. The molecule has 0 fully saturated rings. The molecule has 0 aromatic rings. The van der Waals surface area contributed by atoms with Crippen molar-refractivity contribution in [1.29, 1.82) is 0 Å². The topological polar surface area (TPSA) is 64.7 Å². The largest absolute Gasteiger partial charge is 0.353 e. The van der Waals surface area contributed by atoms with Gasteiger partial charge in [0.2, 0.25) is 11.8 Å². The zero-order valence-corrected chi connectivity index (χ0v) is 15.4. The SMILES string of the molecule is C=CC(=O)NCCCN(C)CCCCN(C)CCCNC(=O)C=C. The van der Waals surface area contributed by atoms with Crippen molar-refractivity contribution in [3.05, 3.63) is 25.3 Å². The zero-order valence-electron chi connectivity index (χ0n) is 15.4. The van der Waals surface area contributed by atoms with Gasteiger partial charge >= 0.3 is 0 Å². The Kier molecular flexibility index (Phi) is 13.9. The lowest BCUT2D eigenvalue weighted by Crippen LogP contribution is -2.29. The van der Waals surface area contributed by atoms with Crippen LogP contribution in [-0.4, -0.2) is 75.0 Å². The second-order valence-electron chi connectivity index (χ2n) is 6.01. The molecule has 0 aliphatic rings. The van der Waals surface area contributed by atoms with Crippen molar-refractivity contribution in [3.63, 3.8) is 0 Å². The maximum Gasteiger partial charge on any atom is 0.243 e. The fraction of sp³-hybridized carbons (Fsp3) is 0.667. The summed E-state index contributed by atoms with van der Waals surface area (Å²) in [5.74, 6) is -0.213. The van der Waals surface area contributed by atoms with Crippen LogP contribution in [0.2, 0.25) is 0 Å². The predicted molar refractivity (Wildman–Crippen MR) is 99.9 cm³/mol. The summed E-state index contributed by atoms with van der Waals surface area (Å²) in [6.45, 7) is 12.3. The summed E-state index contributed by atoms with van der Waals surface area (Å²) in [5.41, 5.74) is 0. The van der Waals surface area contributed by atoms with Gasteiger partial charge in [-0.1, -0.05) is 13.2 Å². The highest BCUT2D eigenvalue weighted by molar-refractivity contribution is 5.87. The molecular weight excluding hydrogens is 304 g/mol. The maximum atomic E-state index is 11.0. The lowest BCUT2D eigenvalue weighted by atomic mass is 10.2. The third-order valence-corrected chi connectivity index (χ3v) is 3.73. The standard InChI is InChI=1S/C18H34N4O2/c1-5-17(23)19-11-9-15-21(3)13-7-8-14-22(4)16-10-12-20-18(24)6-2/h5-6H,1-2,7-16H2,3-4H3,(H,19,23)(H,20,24). The third kappa shape index (κ3) is 14.0. The van der Waals surface area contributed by atoms with Gasteiger partial charge in [0, 0.05) is 13.1 Å². The number of rotatable bonds is 15. The highest BCUT2D eigenvalue weighted by Gasteiger charge is 2.02. The van der Waals surface area contributed by atoms with E-state index in [0.29, 0.717) is 13.1 Å². The van der Waals surface area contributed by atoms with Gasteiger partial charge in [-0.25, -0.2) is 0 Å². The summed E-state index contributed by atoms with van der Waals surface area (Å²) >= 11 is 0. The first-order valence-electron chi connectivity index (χ1n) is 8.67. The van der Waals surface area contributed by atoms with Gasteiger partial charge in [-0.05, 0) is 78.1 Å². The van der Waals surface area contributed by atoms with E-state index in [9.17, 15) is 9.59 Å². The first-order chi connectivity index (χ1) is 11.5. The van der Waals surface area contributed by atoms with Crippen molar-refractivity contribution in [2.75, 3.05) is 53.4 Å². The van der Waals surface area contributed by atoms with E-state index in [2.05, 4.69) is 47.7 Å². The smallest absolute Gasteiger partial charge is 0.243 e. The highest BCUT2D eigenvalue weighted by atomic mass is 16.2. The fourth-order valence-electron chi connectivity index (χ4n) is 2.25. The van der Waals surface area contributed by atoms with Crippen LogP contribution >= 0.6 is 0 Å². The van der Waals surface area contributed by atoms with Gasteiger partial charge in [0.05, 0.1) is 0 Å². The van der Waals surface area contributed by atoms with E-state index in [1.165, 1.54) is 12.2 Å². The minimum absolute atomic E-state index is 0.107. The van der Waals surface area contributed by atoms with Gasteiger partial charge in [-0.3, -0.25) is 9.59 Å². The lowest BCUT2D eigenvalue weighted by molar-refractivity contribution is -0.117. The Hall–Kier alpha value is -1.66. The maximum absolute atomic E-state index is 11.0. The molecule has 0 saturated carbocycles. The van der Waals surface area contributed by atoms with Gasteiger partial charge < -0.3 is 20.4 Å². The lowest BCUT2D eigenvalue weighted by Gasteiger charge is -2.19. The molecule has 0 unspecified atom stereocenters. The van der Waals surface area contributed by atoms with Crippen molar-refractivity contribution in [2.45, 2.75) is 25.7 Å². The van der Waals surface area contributed by atoms with Gasteiger partial charge in [0.1, 0.15) is 0 Å². The monoisotopic (exact) mass is 338 g/mol. The molecule has 24 heavy (non-hydrogen) atoms. The Morgan fingerprint density at radius 3 is 1.42 bits per heavy atom. The molecular formula is C18H34N4O2. The molecule has 0 heterocycles. The van der Waals surface area contributed by atoms with E-state index in [1.54, 1.807) is 0 Å². The molecule has 6 heteroatoms. The van der Waals surface area contributed by atoms with Crippen LogP contribution in [0.1, 0.15) is 25.7 Å². The fourth-order valence-corrected chi connectivity index (χ4v) is 2.25. The molecule has 2 amide bonds. The molecule has 0 aromatic carbocycles. The first kappa shape index (κ1) is 22.3. The second-order valence-corrected chi connectivity index (χ2v) is 6.01. The van der Waals surface area contributed by atoms with Crippen LogP contribution in [0.3, 0.4) is 0 Å². The molecule has 0 atom stereocenters. The van der Waals surface area contributed by atoms with Crippen molar-refractivity contribution < 1.29 is 9.59 Å². The van der Waals surface area contributed by atoms with Crippen molar-refractivity contribution in [2.24, 2.45) is 0 Å². The second kappa shape index (κ2) is 14.9. The Morgan fingerprint density at radius 2 is 1.08 bits per heavy atom. The Bertz CT molecular complexity index is 349. The average Bonchev–Trinajstić information content (AvgIpc) is 2.58. The van der Waals surface area contributed by atoms with Crippen molar-refractivity contribution in [1.82, 2.24) is 20.4 Å². The van der Waals surface area contributed by atoms with Gasteiger partial charge in [0.15, 0.2) is 0 Å². The molecule has 6 nitrogen and oxygen atoms in total. The van der Waals surface area contributed by atoms with E-state index in [1.807, 2.05) is 0 Å². The highest BCUT2D eigenvalue weighted by Crippen LogP contribution is 1.97. The van der Waals surface area contributed by atoms with Crippen LogP contribution < -0.4 is 10.6 Å². The summed E-state index contributed by atoms with van der Waals surface area (Å²) < 4.78 is 0. The summed E-state index contributed by atoms with van der Waals surface area (Å²) in [6, 6.07) is 0. The molecule has 0 aliphatic carbocycles. The van der Waals surface area contributed by atoms with Gasteiger partial charge in [-0.15, -0.1) is 0 Å². The average molecular weight is 338 g/mol. The molecule has 0 spiro atoms. The number of carbonyl (C=O) groups excluding carboxylic acids is 2. The van der Waals surface area contributed by atoms with Gasteiger partial charge in [0.25, 0.3) is 0 Å². The van der Waals surface area contributed by atoms with E-state index >= 15 is 0 Å². The minimum atomic E-state index is -0.107. The number of unbranched alkanes of at least 4 members (excludes halogenated alkanes) is 1. The molecule has 0 saturated heterocycles. The molecule has 2 N–H and O–H groups in total. The summed E-state index contributed by atoms with van der Waals surface area (Å²) in [6.07, 6.45) is 6.82. The van der Waals surface area contributed by atoms with Crippen LogP contribution in [0.15, 0.2) is 25.3 Å². The number of hydrogen-bond donors (Lipinski definition) is 2. The van der Waals surface area contributed by atoms with E-state index < -0.39 is 0 Å². The van der Waals surface area contributed by atoms with E-state index in [0.717, 1.165) is 51.9 Å². The number of carbonyl (C=O) groups is 2. The summed E-state index contributed by atoms with van der Waals surface area (Å²) in [5, 5.41) is 5.57. The van der Waals surface area contributed by atoms with Crippen molar-refractivity contribution in [3.8, 4) is 0 Å². The van der Waals surface area contributed by atoms with Crippen molar-refractivity contribution >= 4 is 11.8 Å². The van der Waals surface area contributed by atoms with Gasteiger partial charge in [-0.2, -0.15) is 0 Å². The molecule has 0 aliphatic heterocycles. The Labute approximate surface area is 147 Å². The molecule has 0 radical (unpaired) electrons. The first-order valence-corrected chi connectivity index (χ1v) is 8.67. The zero-order chi connectivity index (χ0) is 18.2. The van der Waals surface area contributed by atoms with Crippen LogP contribution in [0.5, 0.6) is 0 Å². The van der Waals surface area contributed by atoms with E-state index in [-0.39, 0.29) is 11.8 Å². The molecule has 138 valence electrons. The minimum Gasteiger partial charge on any atom is -0.353 e. The van der Waals surface area contributed by atoms with E-state index in [4.69, 9.17) is 0 Å². The normalized spacial score (nSPS) is 10.7. The number of amides is 2. The Morgan fingerprint density at radius 1 is 0.750 bits per heavy atom. The summed E-state index contributed by atoms with van der Waals surface area (Å²) in [7, 11) is 4.22. The van der Waals surface area contributed by atoms with Crippen LogP contribution in [0.4, 0.5) is 0 Å². The predicted octanol–water partition coefficient (Wildman–Crippen LogP) is 1.01.